The van der Waals surface area contributed by atoms with Crippen LogP contribution in [0.15, 0.2) is 18.2 Å². The lowest BCUT2D eigenvalue weighted by Crippen LogP contribution is -2.42. The molecule has 0 radical (unpaired) electrons. The molecule has 1 aromatic carbocycles. The first-order valence-electron chi connectivity index (χ1n) is 7.33. The summed E-state index contributed by atoms with van der Waals surface area (Å²) in [6, 6.07) is 5.38. The maximum absolute atomic E-state index is 12.8. The zero-order chi connectivity index (χ0) is 14.7. The maximum atomic E-state index is 12.8. The summed E-state index contributed by atoms with van der Waals surface area (Å²) in [4.78, 5) is 14.7. The van der Waals surface area contributed by atoms with Crippen molar-refractivity contribution in [2.75, 3.05) is 25.4 Å². The molecule has 0 saturated carbocycles. The lowest BCUT2D eigenvalue weighted by Gasteiger charge is -2.35. The number of piperidine rings is 1. The van der Waals surface area contributed by atoms with Gasteiger partial charge in [-0.2, -0.15) is 0 Å². The van der Waals surface area contributed by atoms with Crippen LogP contribution in [0, 0.1) is 11.8 Å². The molecule has 2 atom stereocenters. The second kappa shape index (κ2) is 6.16. The molecule has 4 nitrogen and oxygen atoms in total. The summed E-state index contributed by atoms with van der Waals surface area (Å²) in [6.07, 6.45) is 1.17. The summed E-state index contributed by atoms with van der Waals surface area (Å²) in [5, 5.41) is 0. The summed E-state index contributed by atoms with van der Waals surface area (Å²) in [6.45, 7) is 8.40. The summed E-state index contributed by atoms with van der Waals surface area (Å²) in [5.74, 6) is 1.64. The molecule has 0 spiro atoms. The first kappa shape index (κ1) is 14.7. The van der Waals surface area contributed by atoms with Crippen molar-refractivity contribution in [2.24, 2.45) is 11.8 Å². The molecule has 1 amide bonds. The van der Waals surface area contributed by atoms with Gasteiger partial charge in [0.05, 0.1) is 6.61 Å². The fraction of sp³-hybridized carbons (Fsp3) is 0.562. The number of ether oxygens (including phenoxy) is 1. The largest absolute Gasteiger partial charge is 0.493 e. The molecule has 1 aliphatic heterocycles. The first-order valence-corrected chi connectivity index (χ1v) is 7.33. The van der Waals surface area contributed by atoms with Crippen LogP contribution in [-0.4, -0.2) is 30.5 Å². The summed E-state index contributed by atoms with van der Waals surface area (Å²) in [5.41, 5.74) is 7.00. The molecule has 1 aliphatic rings. The average molecular weight is 276 g/mol. The number of rotatable bonds is 3. The minimum absolute atomic E-state index is 0.00931. The van der Waals surface area contributed by atoms with E-state index in [1.165, 1.54) is 6.42 Å². The number of hydrogen-bond donors (Lipinski definition) is 1. The van der Waals surface area contributed by atoms with Crippen LogP contribution in [0.3, 0.4) is 0 Å². The number of benzene rings is 1. The van der Waals surface area contributed by atoms with E-state index in [0.717, 1.165) is 13.1 Å². The number of hydrogen-bond acceptors (Lipinski definition) is 3. The number of anilines is 1. The number of amides is 1. The van der Waals surface area contributed by atoms with Gasteiger partial charge in [-0.3, -0.25) is 4.79 Å². The Morgan fingerprint density at radius 1 is 1.35 bits per heavy atom. The van der Waals surface area contributed by atoms with Gasteiger partial charge in [-0.05, 0) is 37.3 Å². The Morgan fingerprint density at radius 2 is 2.00 bits per heavy atom. The maximum Gasteiger partial charge on any atom is 0.259 e. The van der Waals surface area contributed by atoms with Crippen LogP contribution in [-0.2, 0) is 0 Å². The predicted molar refractivity (Wildman–Crippen MR) is 80.9 cm³/mol. The van der Waals surface area contributed by atoms with Gasteiger partial charge in [-0.15, -0.1) is 0 Å². The van der Waals surface area contributed by atoms with Gasteiger partial charge in [0.1, 0.15) is 11.3 Å². The third-order valence-electron chi connectivity index (χ3n) is 3.73. The van der Waals surface area contributed by atoms with E-state index in [4.69, 9.17) is 10.5 Å². The molecule has 20 heavy (non-hydrogen) atoms. The Kier molecular flexibility index (Phi) is 4.53. The minimum atomic E-state index is -0.00931. The van der Waals surface area contributed by atoms with E-state index in [2.05, 4.69) is 13.8 Å². The first-order chi connectivity index (χ1) is 9.52. The van der Waals surface area contributed by atoms with E-state index >= 15 is 0 Å². The SMILES string of the molecule is CCOc1cccc(N)c1C(=O)N1CC(C)CC(C)C1. The van der Waals surface area contributed by atoms with Crippen molar-refractivity contribution in [2.45, 2.75) is 27.2 Å². The fourth-order valence-corrected chi connectivity index (χ4v) is 3.04. The van der Waals surface area contributed by atoms with Gasteiger partial charge in [0.15, 0.2) is 0 Å². The van der Waals surface area contributed by atoms with E-state index in [0.29, 0.717) is 35.4 Å². The van der Waals surface area contributed by atoms with Crippen molar-refractivity contribution >= 4 is 11.6 Å². The van der Waals surface area contributed by atoms with Crippen LogP contribution in [0.4, 0.5) is 5.69 Å². The van der Waals surface area contributed by atoms with Crippen LogP contribution in [0.5, 0.6) is 5.75 Å². The highest BCUT2D eigenvalue weighted by molar-refractivity contribution is 6.02. The van der Waals surface area contributed by atoms with Crippen LogP contribution in [0.1, 0.15) is 37.6 Å². The van der Waals surface area contributed by atoms with Crippen molar-refractivity contribution in [3.05, 3.63) is 23.8 Å². The molecule has 0 bridgehead atoms. The molecule has 2 unspecified atom stereocenters. The van der Waals surface area contributed by atoms with Crippen molar-refractivity contribution in [1.29, 1.82) is 0 Å². The topological polar surface area (TPSA) is 55.6 Å². The monoisotopic (exact) mass is 276 g/mol. The molecule has 1 fully saturated rings. The van der Waals surface area contributed by atoms with Crippen molar-refractivity contribution in [3.8, 4) is 5.75 Å². The van der Waals surface area contributed by atoms with Crippen LogP contribution >= 0.6 is 0 Å². The lowest BCUT2D eigenvalue weighted by atomic mass is 9.91. The molecule has 2 rings (SSSR count). The Bertz CT molecular complexity index is 477. The highest BCUT2D eigenvalue weighted by Crippen LogP contribution is 2.29. The standard InChI is InChI=1S/C16H24N2O2/c1-4-20-14-7-5-6-13(17)15(14)16(19)18-9-11(2)8-12(3)10-18/h5-7,11-12H,4,8-10,17H2,1-3H3. The predicted octanol–water partition coefficient (Wildman–Crippen LogP) is 2.79. The number of nitrogen functional groups attached to an aromatic ring is 1. The molecule has 1 saturated heterocycles. The second-order valence-corrected chi connectivity index (χ2v) is 5.81. The lowest BCUT2D eigenvalue weighted by molar-refractivity contribution is 0.0620. The Balaban J connectivity index is 2.28. The normalized spacial score (nSPS) is 22.6. The zero-order valence-electron chi connectivity index (χ0n) is 12.6. The van der Waals surface area contributed by atoms with E-state index in [1.54, 1.807) is 6.07 Å². The van der Waals surface area contributed by atoms with Crippen LogP contribution in [0.25, 0.3) is 0 Å². The van der Waals surface area contributed by atoms with E-state index in [1.807, 2.05) is 24.0 Å². The molecule has 0 aromatic heterocycles. The van der Waals surface area contributed by atoms with Gasteiger partial charge < -0.3 is 15.4 Å². The van der Waals surface area contributed by atoms with E-state index in [-0.39, 0.29) is 5.91 Å². The molecule has 0 aliphatic carbocycles. The van der Waals surface area contributed by atoms with Gasteiger partial charge in [-0.25, -0.2) is 0 Å². The van der Waals surface area contributed by atoms with Crippen molar-refractivity contribution in [1.82, 2.24) is 4.90 Å². The van der Waals surface area contributed by atoms with E-state index < -0.39 is 0 Å². The Morgan fingerprint density at radius 3 is 2.60 bits per heavy atom. The highest BCUT2D eigenvalue weighted by Gasteiger charge is 2.28. The van der Waals surface area contributed by atoms with Gasteiger partial charge in [0.25, 0.3) is 5.91 Å². The molecular weight excluding hydrogens is 252 g/mol. The minimum Gasteiger partial charge on any atom is -0.493 e. The van der Waals surface area contributed by atoms with Crippen molar-refractivity contribution < 1.29 is 9.53 Å². The van der Waals surface area contributed by atoms with Gasteiger partial charge >= 0.3 is 0 Å². The Labute approximate surface area is 120 Å². The summed E-state index contributed by atoms with van der Waals surface area (Å²) < 4.78 is 5.56. The number of carbonyl (C=O) groups excluding carboxylic acids is 1. The van der Waals surface area contributed by atoms with Gasteiger partial charge in [0.2, 0.25) is 0 Å². The molecule has 4 heteroatoms. The number of nitrogens with two attached hydrogens (primary N) is 1. The van der Waals surface area contributed by atoms with Crippen molar-refractivity contribution in [3.63, 3.8) is 0 Å². The molecular formula is C16H24N2O2. The third-order valence-corrected chi connectivity index (χ3v) is 3.73. The molecule has 2 N–H and O–H groups in total. The zero-order valence-corrected chi connectivity index (χ0v) is 12.6. The summed E-state index contributed by atoms with van der Waals surface area (Å²) in [7, 11) is 0. The quantitative estimate of drug-likeness (QED) is 0.864. The number of nitrogens with zero attached hydrogens (tertiary/aromatic N) is 1. The van der Waals surface area contributed by atoms with E-state index in [9.17, 15) is 4.79 Å². The second-order valence-electron chi connectivity index (χ2n) is 5.81. The number of likely N-dealkylation sites (tertiary alicyclic amines) is 1. The van der Waals surface area contributed by atoms with Crippen LogP contribution < -0.4 is 10.5 Å². The third kappa shape index (κ3) is 3.06. The Hall–Kier alpha value is -1.71. The van der Waals surface area contributed by atoms with Crippen LogP contribution in [0.2, 0.25) is 0 Å². The average Bonchev–Trinajstić information content (AvgIpc) is 2.37. The smallest absolute Gasteiger partial charge is 0.259 e. The molecule has 1 heterocycles. The summed E-state index contributed by atoms with van der Waals surface area (Å²) >= 11 is 0. The fourth-order valence-electron chi connectivity index (χ4n) is 3.04. The molecule has 1 aromatic rings. The molecule has 110 valence electrons. The van der Waals surface area contributed by atoms with Gasteiger partial charge in [0, 0.05) is 18.8 Å². The highest BCUT2D eigenvalue weighted by atomic mass is 16.5. The van der Waals surface area contributed by atoms with Gasteiger partial charge in [-0.1, -0.05) is 19.9 Å². The number of carbonyl (C=O) groups is 1.